The van der Waals surface area contributed by atoms with Crippen LogP contribution in [0.2, 0.25) is 0 Å². The average molecular weight is 190 g/mol. The summed E-state index contributed by atoms with van der Waals surface area (Å²) in [6, 6.07) is 0. The lowest BCUT2D eigenvalue weighted by Crippen LogP contribution is -2.48. The molecule has 0 rings (SSSR count). The number of aliphatic hydroxyl groups is 1. The van der Waals surface area contributed by atoms with Crippen LogP contribution in [0.15, 0.2) is 0 Å². The SMILES string of the molecule is CNCC(=O)NCC(C)(O)C(=O)O. The normalized spacial score (nSPS) is 14.7. The Morgan fingerprint density at radius 1 is 1.46 bits per heavy atom. The molecule has 6 nitrogen and oxygen atoms in total. The fraction of sp³-hybridized carbons (Fsp3) is 0.714. The van der Waals surface area contributed by atoms with Gasteiger partial charge in [-0.15, -0.1) is 0 Å². The number of aliphatic carboxylic acids is 1. The van der Waals surface area contributed by atoms with Crippen molar-refractivity contribution < 1.29 is 19.8 Å². The zero-order valence-corrected chi connectivity index (χ0v) is 7.63. The Hall–Kier alpha value is -1.14. The Morgan fingerprint density at radius 2 is 2.00 bits per heavy atom. The molecule has 0 aliphatic rings. The number of carbonyl (C=O) groups is 2. The second kappa shape index (κ2) is 4.78. The van der Waals surface area contributed by atoms with E-state index in [0.717, 1.165) is 6.92 Å². The lowest BCUT2D eigenvalue weighted by Gasteiger charge is -2.17. The average Bonchev–Trinajstić information content (AvgIpc) is 2.01. The van der Waals surface area contributed by atoms with Crippen molar-refractivity contribution in [3.8, 4) is 0 Å². The summed E-state index contributed by atoms with van der Waals surface area (Å²) < 4.78 is 0. The Kier molecular flexibility index (Phi) is 4.36. The maximum Gasteiger partial charge on any atom is 0.337 e. The molecule has 4 N–H and O–H groups in total. The van der Waals surface area contributed by atoms with E-state index in [2.05, 4.69) is 10.6 Å². The highest BCUT2D eigenvalue weighted by Gasteiger charge is 2.29. The molecule has 0 aromatic carbocycles. The van der Waals surface area contributed by atoms with Crippen LogP contribution in [-0.4, -0.2) is 47.8 Å². The second-order valence-electron chi connectivity index (χ2n) is 2.89. The quantitative estimate of drug-likeness (QED) is 0.408. The summed E-state index contributed by atoms with van der Waals surface area (Å²) >= 11 is 0. The Bertz CT molecular complexity index is 203. The molecule has 0 aliphatic heterocycles. The van der Waals surface area contributed by atoms with E-state index in [-0.39, 0.29) is 19.0 Å². The summed E-state index contributed by atoms with van der Waals surface area (Å²) in [5.41, 5.74) is -1.91. The highest BCUT2D eigenvalue weighted by molar-refractivity contribution is 5.81. The summed E-state index contributed by atoms with van der Waals surface area (Å²) in [6.07, 6.45) is 0. The largest absolute Gasteiger partial charge is 0.479 e. The number of likely N-dealkylation sites (N-methyl/N-ethyl adjacent to an activating group) is 1. The fourth-order valence-electron chi connectivity index (χ4n) is 0.569. The molecule has 0 saturated heterocycles. The van der Waals surface area contributed by atoms with Gasteiger partial charge >= 0.3 is 5.97 Å². The van der Waals surface area contributed by atoms with E-state index in [1.807, 2.05) is 0 Å². The Labute approximate surface area is 75.9 Å². The summed E-state index contributed by atoms with van der Waals surface area (Å²) in [5, 5.41) is 22.5. The molecule has 1 atom stereocenters. The van der Waals surface area contributed by atoms with Gasteiger partial charge in [-0.2, -0.15) is 0 Å². The summed E-state index contributed by atoms with van der Waals surface area (Å²) in [7, 11) is 1.59. The zero-order chi connectivity index (χ0) is 10.5. The van der Waals surface area contributed by atoms with Crippen molar-refractivity contribution in [2.45, 2.75) is 12.5 Å². The smallest absolute Gasteiger partial charge is 0.337 e. The van der Waals surface area contributed by atoms with E-state index in [1.165, 1.54) is 0 Å². The van der Waals surface area contributed by atoms with Gasteiger partial charge in [-0.05, 0) is 14.0 Å². The van der Waals surface area contributed by atoms with Crippen LogP contribution in [0.1, 0.15) is 6.92 Å². The van der Waals surface area contributed by atoms with Gasteiger partial charge in [-0.1, -0.05) is 0 Å². The van der Waals surface area contributed by atoms with Crippen molar-refractivity contribution in [2.75, 3.05) is 20.1 Å². The molecule has 0 radical (unpaired) electrons. The van der Waals surface area contributed by atoms with Gasteiger partial charge in [-0.25, -0.2) is 4.79 Å². The van der Waals surface area contributed by atoms with E-state index in [4.69, 9.17) is 5.11 Å². The topological polar surface area (TPSA) is 98.7 Å². The first-order chi connectivity index (χ1) is 5.90. The van der Waals surface area contributed by atoms with Crippen molar-refractivity contribution in [3.63, 3.8) is 0 Å². The minimum Gasteiger partial charge on any atom is -0.479 e. The van der Waals surface area contributed by atoms with Crippen LogP contribution in [0.5, 0.6) is 0 Å². The second-order valence-corrected chi connectivity index (χ2v) is 2.89. The number of carboxylic acid groups (broad SMARTS) is 1. The van der Waals surface area contributed by atoms with Crippen molar-refractivity contribution in [2.24, 2.45) is 0 Å². The molecule has 1 amide bonds. The number of rotatable bonds is 5. The van der Waals surface area contributed by atoms with Crippen LogP contribution >= 0.6 is 0 Å². The fourth-order valence-corrected chi connectivity index (χ4v) is 0.569. The number of nitrogens with one attached hydrogen (secondary N) is 2. The highest BCUT2D eigenvalue weighted by Crippen LogP contribution is 2.00. The Morgan fingerprint density at radius 3 is 2.38 bits per heavy atom. The molecule has 1 unspecified atom stereocenters. The van der Waals surface area contributed by atoms with Crippen molar-refractivity contribution in [3.05, 3.63) is 0 Å². The number of carboxylic acids is 1. The summed E-state index contributed by atoms with van der Waals surface area (Å²) in [5.74, 6) is -1.72. The van der Waals surface area contributed by atoms with Gasteiger partial charge in [0.15, 0.2) is 5.60 Å². The molecule has 6 heteroatoms. The van der Waals surface area contributed by atoms with Crippen LogP contribution in [0.4, 0.5) is 0 Å². The molecule has 13 heavy (non-hydrogen) atoms. The van der Waals surface area contributed by atoms with Gasteiger partial charge in [0.2, 0.25) is 5.91 Å². The molecular formula is C7H14N2O4. The monoisotopic (exact) mass is 190 g/mol. The van der Waals surface area contributed by atoms with Gasteiger partial charge < -0.3 is 20.8 Å². The standard InChI is InChI=1S/C7H14N2O4/c1-7(13,6(11)12)4-9-5(10)3-8-2/h8,13H,3-4H2,1-2H3,(H,9,10)(H,11,12). The molecule has 0 spiro atoms. The molecule has 76 valence electrons. The summed E-state index contributed by atoms with van der Waals surface area (Å²) in [4.78, 5) is 21.2. The van der Waals surface area contributed by atoms with Crippen LogP contribution in [0.25, 0.3) is 0 Å². The third-order valence-corrected chi connectivity index (χ3v) is 1.43. The zero-order valence-electron chi connectivity index (χ0n) is 7.63. The first-order valence-corrected chi connectivity index (χ1v) is 3.77. The molecular weight excluding hydrogens is 176 g/mol. The maximum atomic E-state index is 10.8. The number of hydrogen-bond donors (Lipinski definition) is 4. The molecule has 0 aliphatic carbocycles. The first-order valence-electron chi connectivity index (χ1n) is 3.77. The van der Waals surface area contributed by atoms with Crippen LogP contribution < -0.4 is 10.6 Å². The van der Waals surface area contributed by atoms with Gasteiger partial charge in [0, 0.05) is 0 Å². The van der Waals surface area contributed by atoms with Crippen molar-refractivity contribution in [1.29, 1.82) is 0 Å². The maximum absolute atomic E-state index is 10.8. The molecule has 0 aromatic heterocycles. The Balaban J connectivity index is 3.88. The lowest BCUT2D eigenvalue weighted by molar-refractivity contribution is -0.156. The van der Waals surface area contributed by atoms with Crippen molar-refractivity contribution in [1.82, 2.24) is 10.6 Å². The van der Waals surface area contributed by atoms with Gasteiger partial charge in [-0.3, -0.25) is 4.79 Å². The van der Waals surface area contributed by atoms with E-state index >= 15 is 0 Å². The minimum absolute atomic E-state index is 0.0930. The molecule has 0 saturated carbocycles. The molecule has 0 bridgehead atoms. The van der Waals surface area contributed by atoms with Crippen LogP contribution in [0, 0.1) is 0 Å². The number of amides is 1. The predicted molar refractivity (Wildman–Crippen MR) is 45.2 cm³/mol. The van der Waals surface area contributed by atoms with E-state index in [9.17, 15) is 14.7 Å². The number of carbonyl (C=O) groups excluding carboxylic acids is 1. The van der Waals surface area contributed by atoms with Crippen LogP contribution in [0.3, 0.4) is 0 Å². The molecule has 0 aromatic rings. The van der Waals surface area contributed by atoms with Gasteiger partial charge in [0.1, 0.15) is 0 Å². The van der Waals surface area contributed by atoms with Crippen LogP contribution in [-0.2, 0) is 9.59 Å². The van der Waals surface area contributed by atoms with E-state index in [0.29, 0.717) is 0 Å². The predicted octanol–water partition coefficient (Wildman–Crippen LogP) is -1.84. The van der Waals surface area contributed by atoms with Crippen molar-refractivity contribution >= 4 is 11.9 Å². The lowest BCUT2D eigenvalue weighted by atomic mass is 10.1. The van der Waals surface area contributed by atoms with E-state index < -0.39 is 11.6 Å². The third kappa shape index (κ3) is 4.44. The molecule has 0 heterocycles. The highest BCUT2D eigenvalue weighted by atomic mass is 16.4. The van der Waals surface area contributed by atoms with Gasteiger partial charge in [0.25, 0.3) is 0 Å². The first kappa shape index (κ1) is 11.9. The van der Waals surface area contributed by atoms with Gasteiger partial charge in [0.05, 0.1) is 13.1 Å². The number of hydrogen-bond acceptors (Lipinski definition) is 4. The van der Waals surface area contributed by atoms with E-state index in [1.54, 1.807) is 7.05 Å². The third-order valence-electron chi connectivity index (χ3n) is 1.43. The minimum atomic E-state index is -1.91. The molecule has 0 fully saturated rings. The summed E-state index contributed by atoms with van der Waals surface area (Å²) in [6.45, 7) is 0.910.